The largest absolute Gasteiger partial charge is 0.490 e. The highest BCUT2D eigenvalue weighted by Gasteiger charge is 2.18. The maximum atomic E-state index is 11.8. The second kappa shape index (κ2) is 14.6. The quantitative estimate of drug-likeness (QED) is 0.120. The van der Waals surface area contributed by atoms with Gasteiger partial charge in [-0.05, 0) is 110 Å². The lowest BCUT2D eigenvalue weighted by molar-refractivity contribution is -0.154. The van der Waals surface area contributed by atoms with Crippen molar-refractivity contribution in [3.05, 3.63) is 132 Å². The predicted octanol–water partition coefficient (Wildman–Crippen LogP) is 8.61. The van der Waals surface area contributed by atoms with Crippen LogP contribution >= 0.6 is 0 Å². The molecule has 4 aromatic carbocycles. The number of nitrogens with zero attached hydrogens (tertiary/aromatic N) is 1. The summed E-state index contributed by atoms with van der Waals surface area (Å²) in [7, 11) is 0. The average molecular weight is 602 g/mol. The van der Waals surface area contributed by atoms with Crippen LogP contribution in [-0.4, -0.2) is 31.3 Å². The summed E-state index contributed by atoms with van der Waals surface area (Å²) in [5, 5.41) is 0. The van der Waals surface area contributed by atoms with E-state index in [1.807, 2.05) is 24.3 Å². The van der Waals surface area contributed by atoms with Crippen LogP contribution < -0.4 is 9.64 Å². The predicted molar refractivity (Wildman–Crippen MR) is 179 cm³/mol. The molecule has 0 N–H and O–H groups in total. The molecule has 0 spiro atoms. The zero-order valence-electron chi connectivity index (χ0n) is 26.0. The molecule has 1 unspecified atom stereocenters. The number of fused-ring (bicyclic) bond motifs is 1. The van der Waals surface area contributed by atoms with Gasteiger partial charge in [0, 0.05) is 28.7 Å². The number of rotatable bonds is 12. The van der Waals surface area contributed by atoms with Crippen LogP contribution in [0.2, 0.25) is 0 Å². The van der Waals surface area contributed by atoms with E-state index in [0.29, 0.717) is 5.75 Å². The molecule has 1 atom stereocenters. The molecule has 0 bridgehead atoms. The van der Waals surface area contributed by atoms with E-state index in [1.54, 1.807) is 6.92 Å². The first-order chi connectivity index (χ1) is 21.8. The Kier molecular flexibility index (Phi) is 10.2. The standard InChI is InChI=1S/C39H39NO5/c1-5-38(41)45-37(26-44-39(42)27(2)3)25-43-36-22-15-31(16-23-36)30-12-19-34(20-13-30)40(33-17-10-28(4)11-18-33)35-21-14-29-8-6-7-9-32(29)24-35/h5,10-24,37H,1-2,6-9,25-26H2,3-4H3. The number of hydrogen-bond acceptors (Lipinski definition) is 6. The number of anilines is 3. The summed E-state index contributed by atoms with van der Waals surface area (Å²) in [6.45, 7) is 10.5. The Balaban J connectivity index is 1.30. The molecular weight excluding hydrogens is 562 g/mol. The highest BCUT2D eigenvalue weighted by molar-refractivity contribution is 5.87. The van der Waals surface area contributed by atoms with Gasteiger partial charge in [-0.1, -0.05) is 61.2 Å². The van der Waals surface area contributed by atoms with Crippen LogP contribution in [0.3, 0.4) is 0 Å². The number of ether oxygens (including phenoxy) is 3. The van der Waals surface area contributed by atoms with Gasteiger partial charge in [-0.15, -0.1) is 0 Å². The molecule has 6 nitrogen and oxygen atoms in total. The van der Waals surface area contributed by atoms with Crippen molar-refractivity contribution in [1.29, 1.82) is 0 Å². The van der Waals surface area contributed by atoms with Gasteiger partial charge < -0.3 is 19.1 Å². The van der Waals surface area contributed by atoms with E-state index < -0.39 is 18.0 Å². The SMILES string of the molecule is C=CC(=O)OC(COC(=O)C(=C)C)COc1ccc(-c2ccc(N(c3ccc(C)cc3)c3ccc4c(c3)CCCC4)cc2)cc1. The van der Waals surface area contributed by atoms with Gasteiger partial charge in [0.25, 0.3) is 0 Å². The molecule has 6 heteroatoms. The molecule has 4 aromatic rings. The van der Waals surface area contributed by atoms with Gasteiger partial charge >= 0.3 is 11.9 Å². The summed E-state index contributed by atoms with van der Waals surface area (Å²) in [5.74, 6) is -0.588. The Labute approximate surface area is 265 Å². The Bertz CT molecular complexity index is 1660. The molecule has 0 amide bonds. The molecule has 0 fully saturated rings. The van der Waals surface area contributed by atoms with Gasteiger partial charge in [-0.3, -0.25) is 0 Å². The van der Waals surface area contributed by atoms with E-state index in [2.05, 4.69) is 91.7 Å². The van der Waals surface area contributed by atoms with Crippen LogP contribution in [-0.2, 0) is 31.9 Å². The molecule has 1 aliphatic rings. The third-order valence-electron chi connectivity index (χ3n) is 7.83. The zero-order valence-corrected chi connectivity index (χ0v) is 26.0. The number of carbonyl (C=O) groups is 2. The van der Waals surface area contributed by atoms with Crippen LogP contribution in [0.25, 0.3) is 11.1 Å². The molecule has 45 heavy (non-hydrogen) atoms. The lowest BCUT2D eigenvalue weighted by Crippen LogP contribution is -2.30. The van der Waals surface area contributed by atoms with E-state index >= 15 is 0 Å². The van der Waals surface area contributed by atoms with Crippen molar-refractivity contribution in [2.75, 3.05) is 18.1 Å². The first kappa shape index (κ1) is 31.3. The number of esters is 2. The maximum absolute atomic E-state index is 11.8. The van der Waals surface area contributed by atoms with E-state index in [4.69, 9.17) is 14.2 Å². The first-order valence-corrected chi connectivity index (χ1v) is 15.3. The van der Waals surface area contributed by atoms with Crippen LogP contribution in [0.15, 0.2) is 116 Å². The fourth-order valence-electron chi connectivity index (χ4n) is 5.36. The summed E-state index contributed by atoms with van der Waals surface area (Å²) in [6, 6.07) is 31.8. The van der Waals surface area contributed by atoms with Crippen molar-refractivity contribution in [2.45, 2.75) is 45.6 Å². The molecule has 5 rings (SSSR count). The van der Waals surface area contributed by atoms with Crippen molar-refractivity contribution in [1.82, 2.24) is 0 Å². The van der Waals surface area contributed by atoms with Crippen molar-refractivity contribution < 1.29 is 23.8 Å². The molecule has 0 heterocycles. The Morgan fingerprint density at radius 1 is 0.800 bits per heavy atom. The monoisotopic (exact) mass is 601 g/mol. The normalized spacial score (nSPS) is 12.8. The summed E-state index contributed by atoms with van der Waals surface area (Å²) in [4.78, 5) is 25.9. The zero-order chi connectivity index (χ0) is 31.8. The van der Waals surface area contributed by atoms with Gasteiger partial charge in [-0.2, -0.15) is 0 Å². The van der Waals surface area contributed by atoms with Gasteiger partial charge in [0.1, 0.15) is 19.0 Å². The summed E-state index contributed by atoms with van der Waals surface area (Å²) in [5.41, 5.74) is 9.90. The van der Waals surface area contributed by atoms with E-state index in [1.165, 1.54) is 35.2 Å². The van der Waals surface area contributed by atoms with E-state index in [0.717, 1.165) is 41.4 Å². The van der Waals surface area contributed by atoms with E-state index in [-0.39, 0.29) is 18.8 Å². The van der Waals surface area contributed by atoms with Gasteiger partial charge in [0.05, 0.1) is 0 Å². The highest BCUT2D eigenvalue weighted by atomic mass is 16.6. The van der Waals surface area contributed by atoms with Crippen LogP contribution in [0, 0.1) is 6.92 Å². The third kappa shape index (κ3) is 8.09. The summed E-state index contributed by atoms with van der Waals surface area (Å²) >= 11 is 0. The van der Waals surface area contributed by atoms with Crippen molar-refractivity contribution >= 4 is 29.0 Å². The van der Waals surface area contributed by atoms with E-state index in [9.17, 15) is 9.59 Å². The van der Waals surface area contributed by atoms with Crippen molar-refractivity contribution in [3.8, 4) is 16.9 Å². The molecule has 1 aliphatic carbocycles. The van der Waals surface area contributed by atoms with Crippen molar-refractivity contribution in [3.63, 3.8) is 0 Å². The summed E-state index contributed by atoms with van der Waals surface area (Å²) < 4.78 is 16.3. The minimum absolute atomic E-state index is 0.00856. The third-order valence-corrected chi connectivity index (χ3v) is 7.83. The van der Waals surface area contributed by atoms with Gasteiger partial charge in [-0.25, -0.2) is 9.59 Å². The smallest absolute Gasteiger partial charge is 0.333 e. The van der Waals surface area contributed by atoms with Crippen LogP contribution in [0.4, 0.5) is 17.1 Å². The lowest BCUT2D eigenvalue weighted by atomic mass is 9.91. The molecule has 0 radical (unpaired) electrons. The Hall–Kier alpha value is -5.10. The average Bonchev–Trinajstić information content (AvgIpc) is 3.07. The number of aryl methyl sites for hydroxylation is 3. The Morgan fingerprint density at radius 2 is 1.38 bits per heavy atom. The second-order valence-electron chi connectivity index (χ2n) is 11.4. The van der Waals surface area contributed by atoms with Crippen LogP contribution in [0.1, 0.15) is 36.5 Å². The summed E-state index contributed by atoms with van der Waals surface area (Å²) in [6.07, 6.45) is 5.06. The molecule has 230 valence electrons. The lowest BCUT2D eigenvalue weighted by Gasteiger charge is -2.27. The topological polar surface area (TPSA) is 65.1 Å². The fourth-order valence-corrected chi connectivity index (χ4v) is 5.36. The second-order valence-corrected chi connectivity index (χ2v) is 11.4. The number of carbonyl (C=O) groups excluding carboxylic acids is 2. The fraction of sp³-hybridized carbons (Fsp3) is 0.231. The molecule has 0 aromatic heterocycles. The number of hydrogen-bond donors (Lipinski definition) is 0. The molecular formula is C39H39NO5. The minimum Gasteiger partial charge on any atom is -0.490 e. The molecule has 0 saturated heterocycles. The minimum atomic E-state index is -0.794. The highest BCUT2D eigenvalue weighted by Crippen LogP contribution is 2.37. The molecule has 0 aliphatic heterocycles. The van der Waals surface area contributed by atoms with Crippen molar-refractivity contribution in [2.24, 2.45) is 0 Å². The van der Waals surface area contributed by atoms with Gasteiger partial charge in [0.2, 0.25) is 0 Å². The van der Waals surface area contributed by atoms with Crippen LogP contribution in [0.5, 0.6) is 5.75 Å². The number of benzene rings is 4. The van der Waals surface area contributed by atoms with Gasteiger partial charge in [0.15, 0.2) is 6.10 Å². The Morgan fingerprint density at radius 3 is 2.00 bits per heavy atom. The first-order valence-electron chi connectivity index (χ1n) is 15.3. The maximum Gasteiger partial charge on any atom is 0.333 e. The molecule has 0 saturated carbocycles.